The summed E-state index contributed by atoms with van der Waals surface area (Å²) < 4.78 is 9.55. The minimum Gasteiger partial charge on any atom is -0.434 e. The molecular formula is C9H19NO3. The van der Waals surface area contributed by atoms with Gasteiger partial charge in [0, 0.05) is 5.54 Å². The summed E-state index contributed by atoms with van der Waals surface area (Å²) in [5.41, 5.74) is 5.10. The number of hydrogen-bond donors (Lipinski definition) is 1. The molecule has 0 heterocycles. The van der Waals surface area contributed by atoms with E-state index in [4.69, 9.17) is 15.2 Å². The molecule has 4 heteroatoms. The fourth-order valence-corrected chi connectivity index (χ4v) is 0.521. The molecule has 0 aromatic heterocycles. The summed E-state index contributed by atoms with van der Waals surface area (Å²) in [6, 6.07) is 0. The van der Waals surface area contributed by atoms with E-state index in [1.165, 1.54) is 0 Å². The van der Waals surface area contributed by atoms with Crippen LogP contribution in [0.4, 0.5) is 4.79 Å². The van der Waals surface area contributed by atoms with E-state index in [-0.39, 0.29) is 6.61 Å². The predicted molar refractivity (Wildman–Crippen MR) is 50.4 cm³/mol. The highest BCUT2D eigenvalue weighted by molar-refractivity contribution is 5.59. The highest BCUT2D eigenvalue weighted by Crippen LogP contribution is 2.00. The third kappa shape index (κ3) is 9.14. The van der Waals surface area contributed by atoms with Crippen LogP contribution < -0.4 is 5.73 Å². The summed E-state index contributed by atoms with van der Waals surface area (Å²) in [7, 11) is 0. The first-order chi connectivity index (χ1) is 5.81. The molecule has 78 valence electrons. The van der Waals surface area contributed by atoms with E-state index < -0.39 is 11.7 Å². The number of ether oxygens (including phenoxy) is 2. The summed E-state index contributed by atoms with van der Waals surface area (Å²) >= 11 is 0. The summed E-state index contributed by atoms with van der Waals surface area (Å²) in [5.74, 6) is 0.318. The molecule has 13 heavy (non-hydrogen) atoms. The fraction of sp³-hybridized carbons (Fsp3) is 0.889. The second-order valence-electron chi connectivity index (χ2n) is 4.23. The third-order valence-electron chi connectivity index (χ3n) is 1.10. The van der Waals surface area contributed by atoms with Crippen LogP contribution in [0.1, 0.15) is 27.7 Å². The molecule has 0 rings (SSSR count). The van der Waals surface area contributed by atoms with Crippen molar-refractivity contribution in [2.75, 3.05) is 13.2 Å². The maximum absolute atomic E-state index is 10.9. The van der Waals surface area contributed by atoms with Gasteiger partial charge in [-0.15, -0.1) is 0 Å². The van der Waals surface area contributed by atoms with Gasteiger partial charge < -0.3 is 15.2 Å². The number of rotatable bonds is 4. The topological polar surface area (TPSA) is 61.5 Å². The first kappa shape index (κ1) is 12.2. The average Bonchev–Trinajstić information content (AvgIpc) is 1.95. The summed E-state index contributed by atoms with van der Waals surface area (Å²) in [6.07, 6.45) is -0.646. The second kappa shape index (κ2) is 5.07. The molecule has 0 aromatic rings. The van der Waals surface area contributed by atoms with E-state index in [2.05, 4.69) is 0 Å². The average molecular weight is 189 g/mol. The molecule has 0 atom stereocenters. The van der Waals surface area contributed by atoms with Gasteiger partial charge in [0.25, 0.3) is 0 Å². The smallest absolute Gasteiger partial charge is 0.434 e. The zero-order valence-electron chi connectivity index (χ0n) is 8.79. The van der Waals surface area contributed by atoms with Gasteiger partial charge in [-0.05, 0) is 19.8 Å². The summed E-state index contributed by atoms with van der Waals surface area (Å²) in [5, 5.41) is 0. The first-order valence-electron chi connectivity index (χ1n) is 4.39. The lowest BCUT2D eigenvalue weighted by atomic mass is 10.1. The van der Waals surface area contributed by atoms with Crippen molar-refractivity contribution in [3.8, 4) is 0 Å². The van der Waals surface area contributed by atoms with Crippen LogP contribution in [0.25, 0.3) is 0 Å². The van der Waals surface area contributed by atoms with Crippen molar-refractivity contribution < 1.29 is 14.3 Å². The Kier molecular flexibility index (Phi) is 4.77. The molecule has 0 aliphatic rings. The lowest BCUT2D eigenvalue weighted by molar-refractivity contribution is 0.0366. The number of hydrogen-bond acceptors (Lipinski definition) is 4. The zero-order valence-corrected chi connectivity index (χ0v) is 8.79. The van der Waals surface area contributed by atoms with Gasteiger partial charge in [0.1, 0.15) is 6.61 Å². The molecule has 0 amide bonds. The van der Waals surface area contributed by atoms with Gasteiger partial charge in [0.05, 0.1) is 6.61 Å². The summed E-state index contributed by atoms with van der Waals surface area (Å²) in [6.45, 7) is 8.03. The van der Waals surface area contributed by atoms with E-state index in [0.717, 1.165) is 0 Å². The van der Waals surface area contributed by atoms with Crippen LogP contribution in [0.2, 0.25) is 0 Å². The standard InChI is InChI=1S/C9H19NO3/c1-7(2)5-12-8(11)13-6-9(3,4)10/h7H,5-6,10H2,1-4H3. The highest BCUT2D eigenvalue weighted by atomic mass is 16.7. The maximum Gasteiger partial charge on any atom is 0.508 e. The van der Waals surface area contributed by atoms with Gasteiger partial charge in [-0.3, -0.25) is 0 Å². The Morgan fingerprint density at radius 2 is 1.92 bits per heavy atom. The quantitative estimate of drug-likeness (QED) is 0.681. The van der Waals surface area contributed by atoms with Gasteiger partial charge in [-0.25, -0.2) is 4.79 Å². The van der Waals surface area contributed by atoms with E-state index in [9.17, 15) is 4.79 Å². The van der Waals surface area contributed by atoms with Crippen molar-refractivity contribution in [1.29, 1.82) is 0 Å². The number of nitrogens with two attached hydrogens (primary N) is 1. The molecule has 0 aliphatic heterocycles. The molecule has 0 aliphatic carbocycles. The van der Waals surface area contributed by atoms with Crippen molar-refractivity contribution in [2.24, 2.45) is 11.7 Å². The van der Waals surface area contributed by atoms with Gasteiger partial charge in [0.15, 0.2) is 0 Å². The van der Waals surface area contributed by atoms with Crippen molar-refractivity contribution in [1.82, 2.24) is 0 Å². The maximum atomic E-state index is 10.9. The van der Waals surface area contributed by atoms with Crippen LogP contribution in [0.3, 0.4) is 0 Å². The van der Waals surface area contributed by atoms with E-state index in [1.807, 2.05) is 13.8 Å². The Labute approximate surface area is 79.4 Å². The lowest BCUT2D eigenvalue weighted by Crippen LogP contribution is -2.38. The molecule has 0 bridgehead atoms. The van der Waals surface area contributed by atoms with Crippen LogP contribution in [-0.4, -0.2) is 24.9 Å². The van der Waals surface area contributed by atoms with Gasteiger partial charge in [0.2, 0.25) is 0 Å². The van der Waals surface area contributed by atoms with Crippen LogP contribution in [-0.2, 0) is 9.47 Å². The Bertz CT molecular complexity index is 161. The zero-order chi connectivity index (χ0) is 10.5. The first-order valence-corrected chi connectivity index (χ1v) is 4.39. The Morgan fingerprint density at radius 1 is 1.38 bits per heavy atom. The molecule has 0 fully saturated rings. The monoisotopic (exact) mass is 189 g/mol. The van der Waals surface area contributed by atoms with Crippen LogP contribution in [0.5, 0.6) is 0 Å². The number of carbonyl (C=O) groups excluding carboxylic acids is 1. The molecule has 2 N–H and O–H groups in total. The van der Waals surface area contributed by atoms with Gasteiger partial charge in [-0.2, -0.15) is 0 Å². The van der Waals surface area contributed by atoms with Gasteiger partial charge in [-0.1, -0.05) is 13.8 Å². The van der Waals surface area contributed by atoms with Crippen LogP contribution >= 0.6 is 0 Å². The largest absolute Gasteiger partial charge is 0.508 e. The number of carbonyl (C=O) groups is 1. The Balaban J connectivity index is 3.53. The highest BCUT2D eigenvalue weighted by Gasteiger charge is 2.14. The Hall–Kier alpha value is -0.770. The van der Waals surface area contributed by atoms with Gasteiger partial charge >= 0.3 is 6.16 Å². The molecular weight excluding hydrogens is 170 g/mol. The van der Waals surface area contributed by atoms with Crippen molar-refractivity contribution in [2.45, 2.75) is 33.2 Å². The summed E-state index contributed by atoms with van der Waals surface area (Å²) in [4.78, 5) is 10.9. The molecule has 0 unspecified atom stereocenters. The third-order valence-corrected chi connectivity index (χ3v) is 1.10. The predicted octanol–water partition coefficient (Wildman–Crippen LogP) is 1.53. The normalized spacial score (nSPS) is 11.5. The molecule has 0 saturated heterocycles. The Morgan fingerprint density at radius 3 is 2.31 bits per heavy atom. The van der Waals surface area contributed by atoms with Crippen molar-refractivity contribution in [3.05, 3.63) is 0 Å². The molecule has 0 aromatic carbocycles. The lowest BCUT2D eigenvalue weighted by Gasteiger charge is -2.17. The molecule has 4 nitrogen and oxygen atoms in total. The van der Waals surface area contributed by atoms with E-state index in [0.29, 0.717) is 12.5 Å². The van der Waals surface area contributed by atoms with E-state index in [1.54, 1.807) is 13.8 Å². The van der Waals surface area contributed by atoms with Crippen LogP contribution in [0.15, 0.2) is 0 Å². The molecule has 0 radical (unpaired) electrons. The fourth-order valence-electron chi connectivity index (χ4n) is 0.521. The van der Waals surface area contributed by atoms with Crippen molar-refractivity contribution >= 4 is 6.16 Å². The van der Waals surface area contributed by atoms with Crippen molar-refractivity contribution in [3.63, 3.8) is 0 Å². The molecule has 0 spiro atoms. The second-order valence-corrected chi connectivity index (χ2v) is 4.23. The SMILES string of the molecule is CC(C)COC(=O)OCC(C)(C)N. The molecule has 0 saturated carbocycles. The minimum absolute atomic E-state index is 0.171. The van der Waals surface area contributed by atoms with Crippen LogP contribution in [0, 0.1) is 5.92 Å². The van der Waals surface area contributed by atoms with E-state index >= 15 is 0 Å². The minimum atomic E-state index is -0.646.